The SMILES string of the molecule is CC(C)(C)NCCOCC(=O)NC(C)(C)C. The number of nitrogens with one attached hydrogen (secondary N) is 2. The van der Waals surface area contributed by atoms with Crippen LogP contribution in [-0.2, 0) is 9.53 Å². The van der Waals surface area contributed by atoms with E-state index in [1.165, 1.54) is 0 Å². The average molecular weight is 230 g/mol. The minimum atomic E-state index is -0.190. The van der Waals surface area contributed by atoms with Gasteiger partial charge in [0, 0.05) is 17.6 Å². The van der Waals surface area contributed by atoms with Crippen LogP contribution >= 0.6 is 0 Å². The van der Waals surface area contributed by atoms with Gasteiger partial charge < -0.3 is 15.4 Å². The molecule has 1 amide bonds. The van der Waals surface area contributed by atoms with E-state index in [-0.39, 0.29) is 23.6 Å². The molecule has 0 bridgehead atoms. The zero-order chi connectivity index (χ0) is 12.8. The maximum Gasteiger partial charge on any atom is 0.246 e. The molecule has 0 aliphatic heterocycles. The number of rotatable bonds is 5. The number of carbonyl (C=O) groups is 1. The molecule has 4 nitrogen and oxygen atoms in total. The van der Waals surface area contributed by atoms with Crippen molar-refractivity contribution in [2.24, 2.45) is 0 Å². The first-order chi connectivity index (χ1) is 7.10. The fraction of sp³-hybridized carbons (Fsp3) is 0.917. The maximum atomic E-state index is 11.4. The van der Waals surface area contributed by atoms with Gasteiger partial charge in [0.2, 0.25) is 5.91 Å². The van der Waals surface area contributed by atoms with Gasteiger partial charge in [0.25, 0.3) is 0 Å². The molecule has 0 unspecified atom stereocenters. The molecule has 0 rings (SSSR count). The lowest BCUT2D eigenvalue weighted by molar-refractivity contribution is -0.127. The topological polar surface area (TPSA) is 50.4 Å². The van der Waals surface area contributed by atoms with Gasteiger partial charge in [-0.1, -0.05) is 0 Å². The molecule has 0 aromatic heterocycles. The molecule has 0 aliphatic carbocycles. The molecule has 0 aromatic rings. The van der Waals surface area contributed by atoms with Gasteiger partial charge in [-0.25, -0.2) is 0 Å². The molecule has 4 heteroatoms. The zero-order valence-corrected chi connectivity index (χ0v) is 11.4. The van der Waals surface area contributed by atoms with Crippen molar-refractivity contribution in [3.63, 3.8) is 0 Å². The summed E-state index contributed by atoms with van der Waals surface area (Å²) < 4.78 is 5.26. The smallest absolute Gasteiger partial charge is 0.246 e. The van der Waals surface area contributed by atoms with Crippen LogP contribution in [-0.4, -0.2) is 36.7 Å². The third-order valence-electron chi connectivity index (χ3n) is 1.65. The Bertz CT molecular complexity index is 214. The predicted octanol–water partition coefficient (Wildman–Crippen LogP) is 1.31. The van der Waals surface area contributed by atoms with Crippen molar-refractivity contribution < 1.29 is 9.53 Å². The Kier molecular flexibility index (Phi) is 5.97. The van der Waals surface area contributed by atoms with E-state index in [0.717, 1.165) is 6.54 Å². The van der Waals surface area contributed by atoms with Gasteiger partial charge in [-0.05, 0) is 41.5 Å². The van der Waals surface area contributed by atoms with E-state index >= 15 is 0 Å². The summed E-state index contributed by atoms with van der Waals surface area (Å²) in [5, 5.41) is 6.13. The van der Waals surface area contributed by atoms with Gasteiger partial charge in [0.1, 0.15) is 6.61 Å². The Morgan fingerprint density at radius 1 is 1.06 bits per heavy atom. The van der Waals surface area contributed by atoms with Crippen LogP contribution in [0.4, 0.5) is 0 Å². The van der Waals surface area contributed by atoms with Crippen molar-refractivity contribution in [2.45, 2.75) is 52.6 Å². The summed E-state index contributed by atoms with van der Waals surface area (Å²) in [5.74, 6) is -0.0664. The molecule has 0 heterocycles. The van der Waals surface area contributed by atoms with Crippen LogP contribution in [0.2, 0.25) is 0 Å². The minimum Gasteiger partial charge on any atom is -0.370 e. The van der Waals surface area contributed by atoms with Crippen LogP contribution < -0.4 is 10.6 Å². The molecule has 0 aromatic carbocycles. The minimum absolute atomic E-state index is 0.0664. The summed E-state index contributed by atoms with van der Waals surface area (Å²) in [6, 6.07) is 0. The standard InChI is InChI=1S/C12H26N2O2/c1-11(2,3)13-7-8-16-9-10(15)14-12(4,5)6/h13H,7-9H2,1-6H3,(H,14,15). The third-order valence-corrected chi connectivity index (χ3v) is 1.65. The van der Waals surface area contributed by atoms with Crippen LogP contribution in [0.25, 0.3) is 0 Å². The van der Waals surface area contributed by atoms with Crippen molar-refractivity contribution >= 4 is 5.91 Å². The third kappa shape index (κ3) is 11.5. The largest absolute Gasteiger partial charge is 0.370 e. The summed E-state index contributed by atoms with van der Waals surface area (Å²) >= 11 is 0. The predicted molar refractivity (Wildman–Crippen MR) is 66.5 cm³/mol. The Morgan fingerprint density at radius 3 is 2.06 bits per heavy atom. The number of hydrogen-bond acceptors (Lipinski definition) is 3. The second-order valence-electron chi connectivity index (χ2n) is 6.03. The number of hydrogen-bond donors (Lipinski definition) is 2. The molecule has 0 fully saturated rings. The monoisotopic (exact) mass is 230 g/mol. The van der Waals surface area contributed by atoms with Crippen LogP contribution in [0.1, 0.15) is 41.5 Å². The lowest BCUT2D eigenvalue weighted by Gasteiger charge is -2.21. The van der Waals surface area contributed by atoms with Gasteiger partial charge >= 0.3 is 0 Å². The number of carbonyl (C=O) groups excluding carboxylic acids is 1. The highest BCUT2D eigenvalue weighted by molar-refractivity contribution is 5.77. The van der Waals surface area contributed by atoms with Crippen molar-refractivity contribution in [1.82, 2.24) is 10.6 Å². The van der Waals surface area contributed by atoms with Crippen molar-refractivity contribution in [3.05, 3.63) is 0 Å². The first kappa shape index (κ1) is 15.4. The molecule has 0 radical (unpaired) electrons. The van der Waals surface area contributed by atoms with E-state index < -0.39 is 0 Å². The molecular weight excluding hydrogens is 204 g/mol. The lowest BCUT2D eigenvalue weighted by Crippen LogP contribution is -2.43. The molecule has 0 aliphatic rings. The fourth-order valence-electron chi connectivity index (χ4n) is 1.12. The van der Waals surface area contributed by atoms with Crippen molar-refractivity contribution in [1.29, 1.82) is 0 Å². The maximum absolute atomic E-state index is 11.4. The van der Waals surface area contributed by atoms with Gasteiger partial charge in [-0.2, -0.15) is 0 Å². The Hall–Kier alpha value is -0.610. The van der Waals surface area contributed by atoms with Gasteiger partial charge in [0.15, 0.2) is 0 Å². The molecule has 96 valence electrons. The highest BCUT2D eigenvalue weighted by Gasteiger charge is 2.13. The first-order valence-electron chi connectivity index (χ1n) is 5.74. The fourth-order valence-corrected chi connectivity index (χ4v) is 1.12. The number of amides is 1. The highest BCUT2D eigenvalue weighted by Crippen LogP contribution is 1.98. The summed E-state index contributed by atoms with van der Waals surface area (Å²) in [7, 11) is 0. The Morgan fingerprint density at radius 2 is 1.62 bits per heavy atom. The average Bonchev–Trinajstić information content (AvgIpc) is 1.97. The van der Waals surface area contributed by atoms with Crippen LogP contribution in [0, 0.1) is 0 Å². The van der Waals surface area contributed by atoms with Crippen LogP contribution in [0.3, 0.4) is 0 Å². The van der Waals surface area contributed by atoms with Crippen molar-refractivity contribution in [3.8, 4) is 0 Å². The summed E-state index contributed by atoms with van der Waals surface area (Å²) in [6.07, 6.45) is 0. The summed E-state index contributed by atoms with van der Waals surface area (Å²) in [6.45, 7) is 13.6. The summed E-state index contributed by atoms with van der Waals surface area (Å²) in [4.78, 5) is 11.4. The molecular formula is C12H26N2O2. The van der Waals surface area contributed by atoms with E-state index in [2.05, 4.69) is 31.4 Å². The zero-order valence-electron chi connectivity index (χ0n) is 11.4. The molecule has 2 N–H and O–H groups in total. The quantitative estimate of drug-likeness (QED) is 0.700. The van der Waals surface area contributed by atoms with Gasteiger partial charge in [0.05, 0.1) is 6.61 Å². The van der Waals surface area contributed by atoms with Crippen molar-refractivity contribution in [2.75, 3.05) is 19.8 Å². The van der Waals surface area contributed by atoms with E-state index in [4.69, 9.17) is 4.74 Å². The molecule has 16 heavy (non-hydrogen) atoms. The second kappa shape index (κ2) is 6.21. The first-order valence-corrected chi connectivity index (χ1v) is 5.74. The van der Waals surface area contributed by atoms with E-state index in [0.29, 0.717) is 6.61 Å². The van der Waals surface area contributed by atoms with E-state index in [1.807, 2.05) is 20.8 Å². The second-order valence-corrected chi connectivity index (χ2v) is 6.03. The Labute approximate surface area is 99.1 Å². The van der Waals surface area contributed by atoms with E-state index in [9.17, 15) is 4.79 Å². The molecule has 0 saturated heterocycles. The molecule has 0 spiro atoms. The van der Waals surface area contributed by atoms with Crippen LogP contribution in [0.15, 0.2) is 0 Å². The number of ether oxygens (including phenoxy) is 1. The lowest BCUT2D eigenvalue weighted by atomic mass is 10.1. The van der Waals surface area contributed by atoms with E-state index in [1.54, 1.807) is 0 Å². The normalized spacial score (nSPS) is 12.6. The highest BCUT2D eigenvalue weighted by atomic mass is 16.5. The Balaban J connectivity index is 3.50. The molecule has 0 atom stereocenters. The summed E-state index contributed by atoms with van der Waals surface area (Å²) in [5.41, 5.74) is -0.0961. The van der Waals surface area contributed by atoms with Gasteiger partial charge in [-0.3, -0.25) is 4.79 Å². The molecule has 0 saturated carbocycles. The van der Waals surface area contributed by atoms with Gasteiger partial charge in [-0.15, -0.1) is 0 Å². The van der Waals surface area contributed by atoms with Crippen LogP contribution in [0.5, 0.6) is 0 Å².